The summed E-state index contributed by atoms with van der Waals surface area (Å²) in [6.45, 7) is 0.720. The molecule has 1 aromatic heterocycles. The first-order valence-electron chi connectivity index (χ1n) is 5.03. The number of nitrogen functional groups attached to an aromatic ring is 1. The van der Waals surface area contributed by atoms with E-state index in [4.69, 9.17) is 11.0 Å². The van der Waals surface area contributed by atoms with Gasteiger partial charge < -0.3 is 10.6 Å². The van der Waals surface area contributed by atoms with Crippen LogP contribution in [0.2, 0.25) is 0 Å². The Labute approximate surface area is 88.5 Å². The van der Waals surface area contributed by atoms with Gasteiger partial charge in [0.25, 0.3) is 0 Å². The van der Waals surface area contributed by atoms with Gasteiger partial charge in [0, 0.05) is 18.8 Å². The molecule has 15 heavy (non-hydrogen) atoms. The number of anilines is 2. The highest BCUT2D eigenvalue weighted by atomic mass is 15.2. The highest BCUT2D eigenvalue weighted by molar-refractivity contribution is 5.43. The largest absolute Gasteiger partial charge is 0.368 e. The van der Waals surface area contributed by atoms with E-state index in [0.29, 0.717) is 12.5 Å². The maximum absolute atomic E-state index is 8.58. The number of hydrogen-bond donors (Lipinski definition) is 1. The molecule has 1 heterocycles. The van der Waals surface area contributed by atoms with Crippen LogP contribution in [0.3, 0.4) is 0 Å². The molecule has 2 rings (SSSR count). The Morgan fingerprint density at radius 1 is 1.60 bits per heavy atom. The number of nitrogens with zero attached hydrogens (tertiary/aromatic N) is 4. The third-order valence-electron chi connectivity index (χ3n) is 2.41. The third-order valence-corrected chi connectivity index (χ3v) is 2.41. The first kappa shape index (κ1) is 9.71. The van der Waals surface area contributed by atoms with Crippen LogP contribution < -0.4 is 10.6 Å². The van der Waals surface area contributed by atoms with Crippen molar-refractivity contribution in [2.75, 3.05) is 17.2 Å². The fourth-order valence-corrected chi connectivity index (χ4v) is 1.56. The fourth-order valence-electron chi connectivity index (χ4n) is 1.56. The lowest BCUT2D eigenvalue weighted by molar-refractivity contribution is 0.777. The van der Waals surface area contributed by atoms with Crippen LogP contribution in [-0.4, -0.2) is 22.6 Å². The van der Waals surface area contributed by atoms with Gasteiger partial charge in [0.1, 0.15) is 5.82 Å². The van der Waals surface area contributed by atoms with E-state index in [1.54, 1.807) is 6.20 Å². The van der Waals surface area contributed by atoms with E-state index in [2.05, 4.69) is 20.9 Å². The van der Waals surface area contributed by atoms with E-state index in [9.17, 15) is 0 Å². The molecule has 0 aromatic carbocycles. The Bertz CT molecular complexity index is 380. The second-order valence-corrected chi connectivity index (χ2v) is 3.61. The highest BCUT2D eigenvalue weighted by Crippen LogP contribution is 2.30. The van der Waals surface area contributed by atoms with Crippen molar-refractivity contribution in [1.29, 1.82) is 5.26 Å². The van der Waals surface area contributed by atoms with Crippen molar-refractivity contribution in [3.05, 3.63) is 12.3 Å². The molecule has 1 saturated carbocycles. The van der Waals surface area contributed by atoms with Gasteiger partial charge in [-0.25, -0.2) is 4.98 Å². The predicted molar refractivity (Wildman–Crippen MR) is 57.0 cm³/mol. The Kier molecular flexibility index (Phi) is 2.68. The Balaban J connectivity index is 2.13. The minimum absolute atomic E-state index is 0.287. The van der Waals surface area contributed by atoms with Crippen molar-refractivity contribution in [2.45, 2.75) is 25.3 Å². The molecular formula is C10H13N5. The second-order valence-electron chi connectivity index (χ2n) is 3.61. The SMILES string of the molecule is N#CCCN(c1ccnc(N)n1)C1CC1. The lowest BCUT2D eigenvalue weighted by Crippen LogP contribution is -2.27. The minimum atomic E-state index is 0.287. The van der Waals surface area contributed by atoms with Crippen molar-refractivity contribution < 1.29 is 0 Å². The van der Waals surface area contributed by atoms with Crippen molar-refractivity contribution in [3.8, 4) is 6.07 Å². The summed E-state index contributed by atoms with van der Waals surface area (Å²) in [5, 5.41) is 8.58. The molecule has 1 aliphatic rings. The van der Waals surface area contributed by atoms with Gasteiger partial charge in [0.2, 0.25) is 5.95 Å². The normalized spacial score (nSPS) is 14.6. The maximum atomic E-state index is 8.58. The summed E-state index contributed by atoms with van der Waals surface area (Å²) in [6, 6.07) is 4.52. The van der Waals surface area contributed by atoms with Gasteiger partial charge in [0.05, 0.1) is 12.5 Å². The molecule has 0 saturated heterocycles. The summed E-state index contributed by atoms with van der Waals surface area (Å²) in [4.78, 5) is 10.2. The Hall–Kier alpha value is -1.83. The first-order valence-corrected chi connectivity index (χ1v) is 5.03. The lowest BCUT2D eigenvalue weighted by atomic mass is 10.3. The first-order chi connectivity index (χ1) is 7.31. The molecule has 0 unspecified atom stereocenters. The van der Waals surface area contributed by atoms with Gasteiger partial charge >= 0.3 is 0 Å². The molecule has 1 fully saturated rings. The number of aromatic nitrogens is 2. The molecular weight excluding hydrogens is 190 g/mol. The van der Waals surface area contributed by atoms with E-state index in [-0.39, 0.29) is 5.95 Å². The zero-order valence-corrected chi connectivity index (χ0v) is 8.43. The van der Waals surface area contributed by atoms with E-state index in [0.717, 1.165) is 12.4 Å². The van der Waals surface area contributed by atoms with Gasteiger partial charge in [-0.3, -0.25) is 0 Å². The van der Waals surface area contributed by atoms with Gasteiger partial charge in [0.15, 0.2) is 0 Å². The third kappa shape index (κ3) is 2.34. The van der Waals surface area contributed by atoms with Gasteiger partial charge in [-0.05, 0) is 18.9 Å². The second kappa shape index (κ2) is 4.13. The van der Waals surface area contributed by atoms with Crippen molar-refractivity contribution in [3.63, 3.8) is 0 Å². The maximum Gasteiger partial charge on any atom is 0.221 e. The average Bonchev–Trinajstić information content (AvgIpc) is 3.03. The smallest absolute Gasteiger partial charge is 0.221 e. The fraction of sp³-hybridized carbons (Fsp3) is 0.500. The molecule has 5 heteroatoms. The Morgan fingerprint density at radius 3 is 3.00 bits per heavy atom. The zero-order valence-electron chi connectivity index (χ0n) is 8.43. The summed E-state index contributed by atoms with van der Waals surface area (Å²) in [6.07, 6.45) is 4.52. The summed E-state index contributed by atoms with van der Waals surface area (Å²) >= 11 is 0. The molecule has 1 aromatic rings. The van der Waals surface area contributed by atoms with Crippen LogP contribution in [0.5, 0.6) is 0 Å². The lowest BCUT2D eigenvalue weighted by Gasteiger charge is -2.21. The van der Waals surface area contributed by atoms with Crippen LogP contribution in [0.1, 0.15) is 19.3 Å². The van der Waals surface area contributed by atoms with Crippen LogP contribution in [0.4, 0.5) is 11.8 Å². The predicted octanol–water partition coefficient (Wildman–Crippen LogP) is 0.941. The summed E-state index contributed by atoms with van der Waals surface area (Å²) < 4.78 is 0. The number of rotatable bonds is 4. The van der Waals surface area contributed by atoms with Crippen LogP contribution >= 0.6 is 0 Å². The Morgan fingerprint density at radius 2 is 2.40 bits per heavy atom. The molecule has 2 N–H and O–H groups in total. The van der Waals surface area contributed by atoms with Gasteiger partial charge in [-0.1, -0.05) is 0 Å². The van der Waals surface area contributed by atoms with Crippen molar-refractivity contribution in [2.24, 2.45) is 0 Å². The molecule has 5 nitrogen and oxygen atoms in total. The van der Waals surface area contributed by atoms with Crippen molar-refractivity contribution >= 4 is 11.8 Å². The molecule has 0 atom stereocenters. The summed E-state index contributed by atoms with van der Waals surface area (Å²) in [7, 11) is 0. The molecule has 0 spiro atoms. The van der Waals surface area contributed by atoms with E-state index in [1.807, 2.05) is 6.07 Å². The van der Waals surface area contributed by atoms with Crippen LogP contribution in [-0.2, 0) is 0 Å². The molecule has 0 amide bonds. The number of hydrogen-bond acceptors (Lipinski definition) is 5. The van der Waals surface area contributed by atoms with Crippen LogP contribution in [0.25, 0.3) is 0 Å². The minimum Gasteiger partial charge on any atom is -0.368 e. The average molecular weight is 203 g/mol. The van der Waals surface area contributed by atoms with E-state index >= 15 is 0 Å². The van der Waals surface area contributed by atoms with Gasteiger partial charge in [-0.15, -0.1) is 0 Å². The summed E-state index contributed by atoms with van der Waals surface area (Å²) in [5.74, 6) is 1.12. The highest BCUT2D eigenvalue weighted by Gasteiger charge is 2.29. The standard InChI is InChI=1S/C10H13N5/c11-5-1-7-15(8-2-3-8)9-4-6-13-10(12)14-9/h4,6,8H,1-3,7H2,(H2,12,13,14). The number of nitrogens with two attached hydrogens (primary N) is 1. The van der Waals surface area contributed by atoms with Gasteiger partial charge in [-0.2, -0.15) is 10.2 Å². The monoisotopic (exact) mass is 203 g/mol. The van der Waals surface area contributed by atoms with Crippen LogP contribution in [0.15, 0.2) is 12.3 Å². The topological polar surface area (TPSA) is 78.8 Å². The zero-order chi connectivity index (χ0) is 10.7. The molecule has 0 aliphatic heterocycles. The quantitative estimate of drug-likeness (QED) is 0.787. The number of nitriles is 1. The molecule has 0 bridgehead atoms. The molecule has 78 valence electrons. The molecule has 1 aliphatic carbocycles. The summed E-state index contributed by atoms with van der Waals surface area (Å²) in [5.41, 5.74) is 5.53. The van der Waals surface area contributed by atoms with E-state index in [1.165, 1.54) is 12.8 Å². The van der Waals surface area contributed by atoms with E-state index < -0.39 is 0 Å². The van der Waals surface area contributed by atoms with Crippen molar-refractivity contribution in [1.82, 2.24) is 9.97 Å². The molecule has 0 radical (unpaired) electrons. The van der Waals surface area contributed by atoms with Crippen LogP contribution in [0, 0.1) is 11.3 Å².